The van der Waals surface area contributed by atoms with Crippen LogP contribution in [0.5, 0.6) is 0 Å². The van der Waals surface area contributed by atoms with E-state index in [9.17, 15) is 4.79 Å². The lowest BCUT2D eigenvalue weighted by molar-refractivity contribution is -0.163. The largest absolute Gasteiger partial charge is 0.460 e. The highest BCUT2D eigenvalue weighted by Crippen LogP contribution is 2.29. The molecule has 2 aliphatic carbocycles. The van der Waals surface area contributed by atoms with Gasteiger partial charge in [-0.25, -0.2) is 4.79 Å². The van der Waals surface area contributed by atoms with Gasteiger partial charge < -0.3 is 9.47 Å². The van der Waals surface area contributed by atoms with E-state index < -0.39 is 0 Å². The molecule has 0 aromatic heterocycles. The van der Waals surface area contributed by atoms with Crippen LogP contribution in [-0.2, 0) is 14.3 Å². The maximum atomic E-state index is 11.7. The number of hydrogen-bond donors (Lipinski definition) is 0. The van der Waals surface area contributed by atoms with Crippen LogP contribution in [0.1, 0.15) is 51.9 Å². The van der Waals surface area contributed by atoms with Gasteiger partial charge in [0.15, 0.2) is 6.10 Å². The monoisotopic (exact) mass is 226 g/mol. The molecular weight excluding hydrogens is 204 g/mol. The standard InChI is InChI=1S/C13H22O3/c1-10(15-9-11-7-8-11)13(14)16-12-5-3-2-4-6-12/h10-12H,2-9H2,1H3/t10-/m0/s1. The Kier molecular flexibility index (Phi) is 4.22. The first-order chi connectivity index (χ1) is 7.75. The molecule has 0 heterocycles. The molecule has 0 unspecified atom stereocenters. The van der Waals surface area contributed by atoms with E-state index in [0.717, 1.165) is 19.4 Å². The summed E-state index contributed by atoms with van der Waals surface area (Å²) >= 11 is 0. The lowest BCUT2D eigenvalue weighted by atomic mass is 9.98. The van der Waals surface area contributed by atoms with Gasteiger partial charge in [0.2, 0.25) is 0 Å². The Morgan fingerprint density at radius 1 is 1.19 bits per heavy atom. The van der Waals surface area contributed by atoms with Gasteiger partial charge in [-0.3, -0.25) is 0 Å². The predicted molar refractivity (Wildman–Crippen MR) is 61.1 cm³/mol. The molecular formula is C13H22O3. The van der Waals surface area contributed by atoms with E-state index in [1.54, 1.807) is 6.92 Å². The summed E-state index contributed by atoms with van der Waals surface area (Å²) in [6, 6.07) is 0. The van der Waals surface area contributed by atoms with Crippen molar-refractivity contribution in [3.8, 4) is 0 Å². The summed E-state index contributed by atoms with van der Waals surface area (Å²) in [7, 11) is 0. The molecule has 0 N–H and O–H groups in total. The molecule has 0 spiro atoms. The fourth-order valence-electron chi connectivity index (χ4n) is 2.08. The van der Waals surface area contributed by atoms with E-state index in [0.29, 0.717) is 5.92 Å². The summed E-state index contributed by atoms with van der Waals surface area (Å²) in [6.07, 6.45) is 7.99. The molecule has 1 atom stereocenters. The quantitative estimate of drug-likeness (QED) is 0.676. The third-order valence-corrected chi connectivity index (χ3v) is 3.45. The minimum absolute atomic E-state index is 0.147. The van der Waals surface area contributed by atoms with Crippen LogP contribution in [0, 0.1) is 5.92 Å². The van der Waals surface area contributed by atoms with Gasteiger partial charge in [-0.15, -0.1) is 0 Å². The van der Waals surface area contributed by atoms with Crippen molar-refractivity contribution in [3.05, 3.63) is 0 Å². The Morgan fingerprint density at radius 3 is 2.50 bits per heavy atom. The van der Waals surface area contributed by atoms with Crippen LogP contribution in [0.3, 0.4) is 0 Å². The van der Waals surface area contributed by atoms with Crippen molar-refractivity contribution in [3.63, 3.8) is 0 Å². The molecule has 2 rings (SSSR count). The van der Waals surface area contributed by atoms with Crippen molar-refractivity contribution in [2.45, 2.75) is 64.1 Å². The van der Waals surface area contributed by atoms with E-state index in [2.05, 4.69) is 0 Å². The average Bonchev–Trinajstić information content (AvgIpc) is 3.11. The molecule has 2 aliphatic rings. The Balaban J connectivity index is 1.64. The first-order valence-corrected chi connectivity index (χ1v) is 6.58. The van der Waals surface area contributed by atoms with Gasteiger partial charge in [0.25, 0.3) is 0 Å². The minimum Gasteiger partial charge on any atom is -0.460 e. The Morgan fingerprint density at radius 2 is 1.88 bits per heavy atom. The van der Waals surface area contributed by atoms with Crippen LogP contribution < -0.4 is 0 Å². The van der Waals surface area contributed by atoms with Gasteiger partial charge in [0, 0.05) is 0 Å². The van der Waals surface area contributed by atoms with Crippen molar-refractivity contribution >= 4 is 5.97 Å². The lowest BCUT2D eigenvalue weighted by Crippen LogP contribution is -2.29. The summed E-state index contributed by atoms with van der Waals surface area (Å²) in [4.78, 5) is 11.7. The zero-order valence-electron chi connectivity index (χ0n) is 10.1. The van der Waals surface area contributed by atoms with Crippen LogP contribution in [0.25, 0.3) is 0 Å². The van der Waals surface area contributed by atoms with Crippen LogP contribution in [0.15, 0.2) is 0 Å². The van der Waals surface area contributed by atoms with Gasteiger partial charge in [0.05, 0.1) is 6.61 Å². The molecule has 16 heavy (non-hydrogen) atoms. The zero-order chi connectivity index (χ0) is 11.4. The average molecular weight is 226 g/mol. The summed E-state index contributed by atoms with van der Waals surface area (Å²) in [5.41, 5.74) is 0. The summed E-state index contributed by atoms with van der Waals surface area (Å²) in [5, 5.41) is 0. The number of rotatable bonds is 5. The number of esters is 1. The molecule has 0 bridgehead atoms. The fraction of sp³-hybridized carbons (Fsp3) is 0.923. The molecule has 92 valence electrons. The highest BCUT2D eigenvalue weighted by atomic mass is 16.6. The molecule has 0 aliphatic heterocycles. The predicted octanol–water partition coefficient (Wildman–Crippen LogP) is 2.68. The second-order valence-corrected chi connectivity index (χ2v) is 5.12. The van der Waals surface area contributed by atoms with Gasteiger partial charge in [-0.05, 0) is 51.4 Å². The topological polar surface area (TPSA) is 35.5 Å². The number of carbonyl (C=O) groups excluding carboxylic acids is 1. The van der Waals surface area contributed by atoms with E-state index in [1.165, 1.54) is 32.1 Å². The Labute approximate surface area is 97.5 Å². The molecule has 0 saturated heterocycles. The summed E-state index contributed by atoms with van der Waals surface area (Å²) in [6.45, 7) is 2.52. The van der Waals surface area contributed by atoms with Crippen molar-refractivity contribution < 1.29 is 14.3 Å². The highest BCUT2D eigenvalue weighted by Gasteiger charge is 2.26. The molecule has 2 saturated carbocycles. The fourth-order valence-corrected chi connectivity index (χ4v) is 2.08. The molecule has 3 nitrogen and oxygen atoms in total. The molecule has 3 heteroatoms. The number of hydrogen-bond acceptors (Lipinski definition) is 3. The molecule has 2 fully saturated rings. The van der Waals surface area contributed by atoms with E-state index >= 15 is 0 Å². The normalized spacial score (nSPS) is 24.1. The van der Waals surface area contributed by atoms with Crippen LogP contribution in [0.2, 0.25) is 0 Å². The van der Waals surface area contributed by atoms with Crippen molar-refractivity contribution in [2.75, 3.05) is 6.61 Å². The van der Waals surface area contributed by atoms with Crippen molar-refractivity contribution in [1.82, 2.24) is 0 Å². The summed E-state index contributed by atoms with van der Waals surface area (Å²) in [5.74, 6) is 0.525. The Bertz CT molecular complexity index is 229. The number of carbonyl (C=O) groups is 1. The number of ether oxygens (including phenoxy) is 2. The maximum Gasteiger partial charge on any atom is 0.335 e. The smallest absolute Gasteiger partial charge is 0.335 e. The Hall–Kier alpha value is -0.570. The van der Waals surface area contributed by atoms with Crippen LogP contribution in [0.4, 0.5) is 0 Å². The lowest BCUT2D eigenvalue weighted by Gasteiger charge is -2.23. The maximum absolute atomic E-state index is 11.7. The van der Waals surface area contributed by atoms with Crippen LogP contribution >= 0.6 is 0 Å². The van der Waals surface area contributed by atoms with Gasteiger partial charge in [-0.1, -0.05) is 6.42 Å². The first kappa shape index (κ1) is 11.9. The second-order valence-electron chi connectivity index (χ2n) is 5.12. The third kappa shape index (κ3) is 3.78. The van der Waals surface area contributed by atoms with Gasteiger partial charge in [0.1, 0.15) is 6.10 Å². The molecule has 0 aromatic rings. The molecule has 0 aromatic carbocycles. The van der Waals surface area contributed by atoms with Crippen molar-refractivity contribution in [2.24, 2.45) is 5.92 Å². The van der Waals surface area contributed by atoms with Gasteiger partial charge >= 0.3 is 5.97 Å². The SMILES string of the molecule is C[C@H](OCC1CC1)C(=O)OC1CCCCC1. The van der Waals surface area contributed by atoms with E-state index in [1.807, 2.05) is 0 Å². The van der Waals surface area contributed by atoms with Crippen molar-refractivity contribution in [1.29, 1.82) is 0 Å². The first-order valence-electron chi connectivity index (χ1n) is 6.58. The second kappa shape index (κ2) is 5.67. The zero-order valence-corrected chi connectivity index (χ0v) is 10.1. The van der Waals surface area contributed by atoms with E-state index in [4.69, 9.17) is 9.47 Å². The van der Waals surface area contributed by atoms with Gasteiger partial charge in [-0.2, -0.15) is 0 Å². The molecule has 0 radical (unpaired) electrons. The van der Waals surface area contributed by atoms with E-state index in [-0.39, 0.29) is 18.2 Å². The minimum atomic E-state index is -0.387. The third-order valence-electron chi connectivity index (χ3n) is 3.45. The summed E-state index contributed by atoms with van der Waals surface area (Å²) < 4.78 is 10.9. The highest BCUT2D eigenvalue weighted by molar-refractivity contribution is 5.74. The molecule has 0 amide bonds. The van der Waals surface area contributed by atoms with Crippen LogP contribution in [-0.4, -0.2) is 24.8 Å².